The Morgan fingerprint density at radius 1 is 1.27 bits per heavy atom. The van der Waals surface area contributed by atoms with Gasteiger partial charge < -0.3 is 5.32 Å². The lowest BCUT2D eigenvalue weighted by molar-refractivity contribution is 0.403. The molecule has 3 rings (SSSR count). The van der Waals surface area contributed by atoms with E-state index in [9.17, 15) is 0 Å². The molecule has 3 heteroatoms. The van der Waals surface area contributed by atoms with Gasteiger partial charge in [-0.15, -0.1) is 0 Å². The van der Waals surface area contributed by atoms with Crippen molar-refractivity contribution in [1.82, 2.24) is 15.3 Å². The third-order valence-electron chi connectivity index (χ3n) is 3.76. The largest absolute Gasteiger partial charge is 0.312 e. The Hall–Kier alpha value is -0.960. The Labute approximate surface area is 90.3 Å². The monoisotopic (exact) mass is 203 g/mol. The second kappa shape index (κ2) is 3.56. The summed E-state index contributed by atoms with van der Waals surface area (Å²) in [5.41, 5.74) is 1.87. The van der Waals surface area contributed by atoms with Gasteiger partial charge in [-0.05, 0) is 37.0 Å². The SMILES string of the molecule is c1ncc(CNCC2(C3CC3)CC2)cn1. The van der Waals surface area contributed by atoms with E-state index in [-0.39, 0.29) is 0 Å². The van der Waals surface area contributed by atoms with Crippen molar-refractivity contribution in [3.63, 3.8) is 0 Å². The fraction of sp³-hybridized carbons (Fsp3) is 0.667. The van der Waals surface area contributed by atoms with Gasteiger partial charge in [0.25, 0.3) is 0 Å². The van der Waals surface area contributed by atoms with Gasteiger partial charge in [-0.1, -0.05) is 0 Å². The molecular formula is C12H17N3. The van der Waals surface area contributed by atoms with E-state index in [1.54, 1.807) is 6.33 Å². The summed E-state index contributed by atoms with van der Waals surface area (Å²) in [5, 5.41) is 3.55. The lowest BCUT2D eigenvalue weighted by Gasteiger charge is -2.14. The van der Waals surface area contributed by atoms with Crippen molar-refractivity contribution in [3.8, 4) is 0 Å². The van der Waals surface area contributed by atoms with Gasteiger partial charge in [0.2, 0.25) is 0 Å². The molecule has 0 bridgehead atoms. The average molecular weight is 203 g/mol. The van der Waals surface area contributed by atoms with Crippen molar-refractivity contribution in [2.75, 3.05) is 6.54 Å². The van der Waals surface area contributed by atoms with Crippen LogP contribution in [0.5, 0.6) is 0 Å². The quantitative estimate of drug-likeness (QED) is 0.792. The maximum atomic E-state index is 4.01. The molecule has 0 atom stereocenters. The number of hydrogen-bond acceptors (Lipinski definition) is 3. The van der Waals surface area contributed by atoms with Crippen molar-refractivity contribution in [1.29, 1.82) is 0 Å². The van der Waals surface area contributed by atoms with Gasteiger partial charge in [0.05, 0.1) is 0 Å². The van der Waals surface area contributed by atoms with Crippen LogP contribution in [0.4, 0.5) is 0 Å². The third-order valence-corrected chi connectivity index (χ3v) is 3.76. The van der Waals surface area contributed by atoms with E-state index in [4.69, 9.17) is 0 Å². The molecule has 0 amide bonds. The molecule has 1 N–H and O–H groups in total. The van der Waals surface area contributed by atoms with Crippen LogP contribution in [0.2, 0.25) is 0 Å². The fourth-order valence-electron chi connectivity index (χ4n) is 2.46. The molecule has 0 unspecified atom stereocenters. The number of hydrogen-bond donors (Lipinski definition) is 1. The molecular weight excluding hydrogens is 186 g/mol. The van der Waals surface area contributed by atoms with Crippen LogP contribution in [0.15, 0.2) is 18.7 Å². The van der Waals surface area contributed by atoms with Crippen LogP contribution in [0.3, 0.4) is 0 Å². The molecule has 1 aromatic rings. The molecule has 0 radical (unpaired) electrons. The molecule has 0 aliphatic heterocycles. The molecule has 80 valence electrons. The molecule has 2 fully saturated rings. The first kappa shape index (κ1) is 9.28. The van der Waals surface area contributed by atoms with Crippen LogP contribution in [0, 0.1) is 11.3 Å². The van der Waals surface area contributed by atoms with Crippen LogP contribution >= 0.6 is 0 Å². The van der Waals surface area contributed by atoms with E-state index in [1.165, 1.54) is 37.8 Å². The maximum absolute atomic E-state index is 4.01. The minimum Gasteiger partial charge on any atom is -0.312 e. The van der Waals surface area contributed by atoms with E-state index in [1.807, 2.05) is 12.4 Å². The van der Waals surface area contributed by atoms with Gasteiger partial charge in [0.1, 0.15) is 6.33 Å². The van der Waals surface area contributed by atoms with Gasteiger partial charge in [-0.25, -0.2) is 9.97 Å². The van der Waals surface area contributed by atoms with Crippen molar-refractivity contribution < 1.29 is 0 Å². The van der Waals surface area contributed by atoms with Crippen molar-refractivity contribution in [2.24, 2.45) is 11.3 Å². The predicted molar refractivity (Wildman–Crippen MR) is 58.1 cm³/mol. The first-order valence-corrected chi connectivity index (χ1v) is 5.84. The Morgan fingerprint density at radius 2 is 2.00 bits per heavy atom. The van der Waals surface area contributed by atoms with Crippen LogP contribution in [0.25, 0.3) is 0 Å². The predicted octanol–water partition coefficient (Wildman–Crippen LogP) is 1.76. The Balaban J connectivity index is 1.47. The fourth-order valence-corrected chi connectivity index (χ4v) is 2.46. The zero-order chi connectivity index (χ0) is 10.1. The summed E-state index contributed by atoms with van der Waals surface area (Å²) in [4.78, 5) is 8.02. The molecule has 2 aliphatic rings. The van der Waals surface area contributed by atoms with Crippen LogP contribution in [-0.4, -0.2) is 16.5 Å². The minimum absolute atomic E-state index is 0.690. The van der Waals surface area contributed by atoms with E-state index >= 15 is 0 Å². The highest BCUT2D eigenvalue weighted by Crippen LogP contribution is 2.60. The number of aromatic nitrogens is 2. The second-order valence-electron chi connectivity index (χ2n) is 4.99. The molecule has 0 saturated heterocycles. The van der Waals surface area contributed by atoms with Gasteiger partial charge in [0.15, 0.2) is 0 Å². The number of nitrogens with one attached hydrogen (secondary N) is 1. The lowest BCUT2D eigenvalue weighted by atomic mass is 10.0. The molecule has 2 saturated carbocycles. The molecule has 0 aromatic carbocycles. The summed E-state index contributed by atoms with van der Waals surface area (Å²) in [5.74, 6) is 1.04. The molecule has 0 spiro atoms. The highest BCUT2D eigenvalue weighted by molar-refractivity contribution is 5.06. The van der Waals surface area contributed by atoms with Gasteiger partial charge >= 0.3 is 0 Å². The topological polar surface area (TPSA) is 37.8 Å². The lowest BCUT2D eigenvalue weighted by Crippen LogP contribution is -2.25. The summed E-state index contributed by atoms with van der Waals surface area (Å²) in [6.45, 7) is 2.10. The zero-order valence-electron chi connectivity index (χ0n) is 8.95. The van der Waals surface area contributed by atoms with E-state index in [2.05, 4.69) is 15.3 Å². The van der Waals surface area contributed by atoms with Gasteiger partial charge in [0, 0.05) is 31.0 Å². The Morgan fingerprint density at radius 3 is 2.60 bits per heavy atom. The third kappa shape index (κ3) is 2.02. The smallest absolute Gasteiger partial charge is 0.115 e. The van der Waals surface area contributed by atoms with E-state index in [0.717, 1.165) is 12.5 Å². The Kier molecular flexibility index (Phi) is 2.20. The molecule has 1 heterocycles. The van der Waals surface area contributed by atoms with E-state index < -0.39 is 0 Å². The molecule has 15 heavy (non-hydrogen) atoms. The van der Waals surface area contributed by atoms with Crippen LogP contribution in [-0.2, 0) is 6.54 Å². The number of nitrogens with zero attached hydrogens (tertiary/aromatic N) is 2. The van der Waals surface area contributed by atoms with Crippen molar-refractivity contribution >= 4 is 0 Å². The van der Waals surface area contributed by atoms with Crippen molar-refractivity contribution in [3.05, 3.63) is 24.3 Å². The van der Waals surface area contributed by atoms with Gasteiger partial charge in [-0.2, -0.15) is 0 Å². The molecule has 1 aromatic heterocycles. The highest BCUT2D eigenvalue weighted by Gasteiger charge is 2.53. The summed E-state index contributed by atoms with van der Waals surface area (Å²) in [6, 6.07) is 0. The minimum atomic E-state index is 0.690. The maximum Gasteiger partial charge on any atom is 0.115 e. The summed E-state index contributed by atoms with van der Waals surface area (Å²) in [7, 11) is 0. The van der Waals surface area contributed by atoms with Crippen LogP contribution < -0.4 is 5.32 Å². The molecule has 2 aliphatic carbocycles. The van der Waals surface area contributed by atoms with Crippen LogP contribution in [0.1, 0.15) is 31.2 Å². The Bertz CT molecular complexity index is 328. The first-order chi connectivity index (χ1) is 7.39. The number of rotatable bonds is 5. The summed E-state index contributed by atoms with van der Waals surface area (Å²) >= 11 is 0. The molecule has 3 nitrogen and oxygen atoms in total. The first-order valence-electron chi connectivity index (χ1n) is 5.84. The van der Waals surface area contributed by atoms with Gasteiger partial charge in [-0.3, -0.25) is 0 Å². The average Bonchev–Trinajstić information content (AvgIpc) is 3.14. The summed E-state index contributed by atoms with van der Waals surface area (Å²) < 4.78 is 0. The normalized spacial score (nSPS) is 22.7. The zero-order valence-corrected chi connectivity index (χ0v) is 8.95. The van der Waals surface area contributed by atoms with Crippen molar-refractivity contribution in [2.45, 2.75) is 32.2 Å². The highest BCUT2D eigenvalue weighted by atomic mass is 14.9. The van der Waals surface area contributed by atoms with E-state index in [0.29, 0.717) is 5.41 Å². The second-order valence-corrected chi connectivity index (χ2v) is 4.99. The standard InChI is InChI=1S/C12H17N3/c1-2-11(1)12(3-4-12)8-13-5-10-6-14-9-15-7-10/h6-7,9,11,13H,1-5,8H2. The summed E-state index contributed by atoms with van der Waals surface area (Å²) in [6.07, 6.45) is 11.2.